The molecule has 1 amide bonds. The minimum Gasteiger partial charge on any atom is -0.481 e. The number of nitrogens with zero attached hydrogens (tertiary/aromatic N) is 1. The van der Waals surface area contributed by atoms with Gasteiger partial charge in [0.15, 0.2) is 0 Å². The van der Waals surface area contributed by atoms with Gasteiger partial charge in [0.05, 0.1) is 13.0 Å². The molecule has 0 aliphatic heterocycles. The van der Waals surface area contributed by atoms with Gasteiger partial charge in [0.1, 0.15) is 0 Å². The molecule has 0 saturated carbocycles. The van der Waals surface area contributed by atoms with Gasteiger partial charge in [0.2, 0.25) is 5.91 Å². The SMILES string of the molecule is CN(CCC(=O)O)CC(=O)NCCC(C)(C)C. The molecule has 0 aromatic carbocycles. The van der Waals surface area contributed by atoms with Gasteiger partial charge in [-0.25, -0.2) is 0 Å². The summed E-state index contributed by atoms with van der Waals surface area (Å²) in [4.78, 5) is 23.5. The monoisotopic (exact) mass is 244 g/mol. The number of nitrogens with one attached hydrogen (secondary N) is 1. The second kappa shape index (κ2) is 7.27. The van der Waals surface area contributed by atoms with Crippen LogP contribution in [0.2, 0.25) is 0 Å². The highest BCUT2D eigenvalue weighted by molar-refractivity contribution is 5.78. The number of carbonyl (C=O) groups excluding carboxylic acids is 1. The first kappa shape index (κ1) is 15.9. The molecule has 0 radical (unpaired) electrons. The number of amides is 1. The van der Waals surface area contributed by atoms with Gasteiger partial charge < -0.3 is 10.4 Å². The standard InChI is InChI=1S/C12H24N2O3/c1-12(2,3)6-7-13-10(15)9-14(4)8-5-11(16)17/h5-9H2,1-4H3,(H,13,15)(H,16,17). The van der Waals surface area contributed by atoms with E-state index < -0.39 is 5.97 Å². The first-order chi connectivity index (χ1) is 7.70. The van der Waals surface area contributed by atoms with Crippen LogP contribution in [0.5, 0.6) is 0 Å². The van der Waals surface area contributed by atoms with Crippen molar-refractivity contribution in [2.75, 3.05) is 26.7 Å². The van der Waals surface area contributed by atoms with Crippen molar-refractivity contribution in [1.82, 2.24) is 10.2 Å². The quantitative estimate of drug-likeness (QED) is 0.699. The lowest BCUT2D eigenvalue weighted by atomic mass is 9.92. The molecule has 0 saturated heterocycles. The first-order valence-electron chi connectivity index (χ1n) is 5.88. The van der Waals surface area contributed by atoms with Crippen molar-refractivity contribution >= 4 is 11.9 Å². The summed E-state index contributed by atoms with van der Waals surface area (Å²) in [5.74, 6) is -0.896. The molecule has 0 aliphatic rings. The van der Waals surface area contributed by atoms with Crippen LogP contribution in [0.3, 0.4) is 0 Å². The van der Waals surface area contributed by atoms with Gasteiger partial charge in [-0.3, -0.25) is 14.5 Å². The molecule has 0 bridgehead atoms. The third-order valence-corrected chi connectivity index (χ3v) is 2.32. The molecule has 0 aliphatic carbocycles. The fraction of sp³-hybridized carbons (Fsp3) is 0.833. The molecular formula is C12H24N2O3. The van der Waals surface area contributed by atoms with Crippen LogP contribution >= 0.6 is 0 Å². The molecule has 5 nitrogen and oxygen atoms in total. The van der Waals surface area contributed by atoms with E-state index in [1.54, 1.807) is 11.9 Å². The number of aliphatic carboxylic acids is 1. The highest BCUT2D eigenvalue weighted by Crippen LogP contribution is 2.16. The van der Waals surface area contributed by atoms with Crippen LogP contribution in [0.25, 0.3) is 0 Å². The molecule has 0 spiro atoms. The first-order valence-corrected chi connectivity index (χ1v) is 5.88. The van der Waals surface area contributed by atoms with Crippen LogP contribution in [-0.2, 0) is 9.59 Å². The summed E-state index contributed by atoms with van der Waals surface area (Å²) in [5, 5.41) is 11.3. The molecule has 2 N–H and O–H groups in total. The largest absolute Gasteiger partial charge is 0.481 e. The molecule has 0 aromatic heterocycles. The molecule has 100 valence electrons. The summed E-state index contributed by atoms with van der Waals surface area (Å²) >= 11 is 0. The maximum Gasteiger partial charge on any atom is 0.304 e. The fourth-order valence-electron chi connectivity index (χ4n) is 1.24. The van der Waals surface area contributed by atoms with Gasteiger partial charge in [-0.15, -0.1) is 0 Å². The fourth-order valence-corrected chi connectivity index (χ4v) is 1.24. The minimum atomic E-state index is -0.843. The Hall–Kier alpha value is -1.10. The normalized spacial score (nSPS) is 11.6. The van der Waals surface area contributed by atoms with Gasteiger partial charge in [0.25, 0.3) is 0 Å². The number of carbonyl (C=O) groups is 2. The molecule has 0 aromatic rings. The van der Waals surface area contributed by atoms with Crippen LogP contribution in [-0.4, -0.2) is 48.6 Å². The van der Waals surface area contributed by atoms with Crippen molar-refractivity contribution in [1.29, 1.82) is 0 Å². The minimum absolute atomic E-state index is 0.0536. The smallest absolute Gasteiger partial charge is 0.304 e. The predicted octanol–water partition coefficient (Wildman–Crippen LogP) is 0.945. The van der Waals surface area contributed by atoms with Crippen molar-refractivity contribution in [3.63, 3.8) is 0 Å². The summed E-state index contributed by atoms with van der Waals surface area (Å²) in [5.41, 5.74) is 0.211. The zero-order chi connectivity index (χ0) is 13.5. The second-order valence-electron chi connectivity index (χ2n) is 5.54. The third-order valence-electron chi connectivity index (χ3n) is 2.32. The number of carboxylic acid groups (broad SMARTS) is 1. The average Bonchev–Trinajstić information content (AvgIpc) is 2.12. The van der Waals surface area contributed by atoms with Gasteiger partial charge in [0, 0.05) is 13.1 Å². The average molecular weight is 244 g/mol. The summed E-state index contributed by atoms with van der Waals surface area (Å²) in [6, 6.07) is 0. The summed E-state index contributed by atoms with van der Waals surface area (Å²) in [6.45, 7) is 7.67. The molecular weight excluding hydrogens is 220 g/mol. The molecule has 5 heteroatoms. The van der Waals surface area contributed by atoms with E-state index in [1.165, 1.54) is 0 Å². The molecule has 17 heavy (non-hydrogen) atoms. The van der Waals surface area contributed by atoms with Gasteiger partial charge >= 0.3 is 5.97 Å². The highest BCUT2D eigenvalue weighted by atomic mass is 16.4. The number of likely N-dealkylation sites (N-methyl/N-ethyl adjacent to an activating group) is 1. The Kier molecular flexibility index (Phi) is 6.80. The number of hydrogen-bond donors (Lipinski definition) is 2. The Morgan fingerprint density at radius 1 is 1.29 bits per heavy atom. The zero-order valence-corrected chi connectivity index (χ0v) is 11.2. The van der Waals surface area contributed by atoms with Crippen LogP contribution in [0.1, 0.15) is 33.6 Å². The van der Waals surface area contributed by atoms with Gasteiger partial charge in [-0.1, -0.05) is 20.8 Å². The lowest BCUT2D eigenvalue weighted by Gasteiger charge is -2.19. The van der Waals surface area contributed by atoms with Crippen LogP contribution < -0.4 is 5.32 Å². The highest BCUT2D eigenvalue weighted by Gasteiger charge is 2.11. The molecule has 0 rings (SSSR count). The van der Waals surface area contributed by atoms with E-state index in [1.807, 2.05) is 0 Å². The van der Waals surface area contributed by atoms with Gasteiger partial charge in [-0.2, -0.15) is 0 Å². The van der Waals surface area contributed by atoms with E-state index in [4.69, 9.17) is 5.11 Å². The van der Waals surface area contributed by atoms with E-state index in [0.29, 0.717) is 13.1 Å². The van der Waals surface area contributed by atoms with Crippen molar-refractivity contribution in [3.8, 4) is 0 Å². The Bertz CT molecular complexity index is 259. The molecule has 0 fully saturated rings. The van der Waals surface area contributed by atoms with Crippen LogP contribution in [0.4, 0.5) is 0 Å². The lowest BCUT2D eigenvalue weighted by Crippen LogP contribution is -2.37. The van der Waals surface area contributed by atoms with Crippen molar-refractivity contribution in [2.45, 2.75) is 33.6 Å². The van der Waals surface area contributed by atoms with E-state index in [2.05, 4.69) is 26.1 Å². The molecule has 0 heterocycles. The Labute approximate surface area is 103 Å². The van der Waals surface area contributed by atoms with E-state index in [9.17, 15) is 9.59 Å². The number of rotatable bonds is 7. The second-order valence-corrected chi connectivity index (χ2v) is 5.54. The molecule has 0 atom stereocenters. The maximum atomic E-state index is 11.5. The Morgan fingerprint density at radius 2 is 1.88 bits per heavy atom. The van der Waals surface area contributed by atoms with Crippen molar-refractivity contribution in [2.24, 2.45) is 5.41 Å². The Balaban J connectivity index is 3.68. The number of hydrogen-bond acceptors (Lipinski definition) is 3. The van der Waals surface area contributed by atoms with Crippen molar-refractivity contribution in [3.05, 3.63) is 0 Å². The van der Waals surface area contributed by atoms with Crippen LogP contribution in [0.15, 0.2) is 0 Å². The topological polar surface area (TPSA) is 69.6 Å². The van der Waals surface area contributed by atoms with Gasteiger partial charge in [-0.05, 0) is 18.9 Å². The predicted molar refractivity (Wildman–Crippen MR) is 66.8 cm³/mol. The van der Waals surface area contributed by atoms with E-state index in [-0.39, 0.29) is 24.3 Å². The summed E-state index contributed by atoms with van der Waals surface area (Å²) < 4.78 is 0. The molecule has 0 unspecified atom stereocenters. The zero-order valence-electron chi connectivity index (χ0n) is 11.2. The maximum absolute atomic E-state index is 11.5. The summed E-state index contributed by atoms with van der Waals surface area (Å²) in [7, 11) is 1.74. The van der Waals surface area contributed by atoms with Crippen molar-refractivity contribution < 1.29 is 14.7 Å². The van der Waals surface area contributed by atoms with E-state index >= 15 is 0 Å². The lowest BCUT2D eigenvalue weighted by molar-refractivity contribution is -0.137. The van der Waals surface area contributed by atoms with E-state index in [0.717, 1.165) is 6.42 Å². The third kappa shape index (κ3) is 11.2. The Morgan fingerprint density at radius 3 is 2.35 bits per heavy atom. The van der Waals surface area contributed by atoms with Crippen LogP contribution in [0, 0.1) is 5.41 Å². The summed E-state index contributed by atoms with van der Waals surface area (Å²) in [6.07, 6.45) is 0.989. The number of carboxylic acids is 1.